The van der Waals surface area contributed by atoms with Crippen LogP contribution in [0.15, 0.2) is 22.8 Å². The van der Waals surface area contributed by atoms with Crippen molar-refractivity contribution >= 4 is 23.6 Å². The lowest BCUT2D eigenvalue weighted by molar-refractivity contribution is -0.146. The highest BCUT2D eigenvalue weighted by Gasteiger charge is 2.34. The number of nitrogens with zero attached hydrogens (tertiary/aromatic N) is 1. The molecule has 0 radical (unpaired) electrons. The third-order valence-electron chi connectivity index (χ3n) is 2.91. The van der Waals surface area contributed by atoms with Gasteiger partial charge in [0.2, 0.25) is 11.8 Å². The van der Waals surface area contributed by atoms with Crippen molar-refractivity contribution in [1.82, 2.24) is 10.2 Å². The zero-order valence-electron chi connectivity index (χ0n) is 10.2. The van der Waals surface area contributed by atoms with Gasteiger partial charge in [-0.3, -0.25) is 9.59 Å². The summed E-state index contributed by atoms with van der Waals surface area (Å²) in [6.45, 7) is 0.438. The minimum absolute atomic E-state index is 0.0582. The molecule has 0 aliphatic carbocycles. The molecule has 0 spiro atoms. The van der Waals surface area contributed by atoms with Crippen molar-refractivity contribution in [2.24, 2.45) is 0 Å². The molecule has 1 aliphatic rings. The smallest absolute Gasteiger partial charge is 0.243 e. The highest BCUT2D eigenvalue weighted by atomic mass is 32.2. The van der Waals surface area contributed by atoms with E-state index in [1.165, 1.54) is 0 Å². The Bertz CT molecular complexity index is 419. The molecule has 2 amide bonds. The van der Waals surface area contributed by atoms with Crippen LogP contribution in [-0.2, 0) is 16.1 Å². The molecule has 1 atom stereocenters. The molecule has 98 valence electrons. The number of carbonyl (C=O) groups is 2. The van der Waals surface area contributed by atoms with Gasteiger partial charge in [0, 0.05) is 0 Å². The SMILES string of the molecule is CSCC[C@@H]1C(=O)NCC(=O)N1Cc1ccco1. The quantitative estimate of drug-likeness (QED) is 0.860. The molecule has 1 aromatic rings. The van der Waals surface area contributed by atoms with E-state index in [1.807, 2.05) is 12.3 Å². The van der Waals surface area contributed by atoms with Gasteiger partial charge in [0.05, 0.1) is 19.4 Å². The Hall–Kier alpha value is -1.43. The van der Waals surface area contributed by atoms with Crippen molar-refractivity contribution < 1.29 is 14.0 Å². The zero-order chi connectivity index (χ0) is 13.0. The lowest BCUT2D eigenvalue weighted by Crippen LogP contribution is -2.58. The lowest BCUT2D eigenvalue weighted by atomic mass is 10.1. The first-order valence-electron chi connectivity index (χ1n) is 5.81. The standard InChI is InChI=1S/C12H16N2O3S/c1-18-6-4-10-12(16)13-7-11(15)14(10)8-9-3-2-5-17-9/h2-3,5,10H,4,6-8H2,1H3,(H,13,16)/t10-/m1/s1. The summed E-state index contributed by atoms with van der Waals surface area (Å²) in [4.78, 5) is 25.3. The normalized spacial score (nSPS) is 20.1. The molecule has 1 saturated heterocycles. The van der Waals surface area contributed by atoms with Gasteiger partial charge in [-0.2, -0.15) is 11.8 Å². The summed E-state index contributed by atoms with van der Waals surface area (Å²) in [5, 5.41) is 2.63. The average molecular weight is 268 g/mol. The number of thioether (sulfide) groups is 1. The van der Waals surface area contributed by atoms with E-state index in [2.05, 4.69) is 5.32 Å². The van der Waals surface area contributed by atoms with E-state index in [0.717, 1.165) is 5.75 Å². The van der Waals surface area contributed by atoms with Crippen LogP contribution in [0.5, 0.6) is 0 Å². The summed E-state index contributed by atoms with van der Waals surface area (Å²) in [6, 6.07) is 3.20. The highest BCUT2D eigenvalue weighted by Crippen LogP contribution is 2.16. The Kier molecular flexibility index (Phi) is 4.30. The second-order valence-electron chi connectivity index (χ2n) is 4.12. The molecule has 1 fully saturated rings. The average Bonchev–Trinajstić information content (AvgIpc) is 2.86. The van der Waals surface area contributed by atoms with Crippen LogP contribution in [0.25, 0.3) is 0 Å². The first-order valence-corrected chi connectivity index (χ1v) is 7.20. The van der Waals surface area contributed by atoms with Crippen LogP contribution in [0, 0.1) is 0 Å². The number of hydrogen-bond donors (Lipinski definition) is 1. The molecule has 2 heterocycles. The number of amides is 2. The molecule has 1 N–H and O–H groups in total. The minimum atomic E-state index is -0.385. The van der Waals surface area contributed by atoms with Gasteiger partial charge in [0.15, 0.2) is 0 Å². The second-order valence-corrected chi connectivity index (χ2v) is 5.10. The first kappa shape index (κ1) is 13.0. The fourth-order valence-corrected chi connectivity index (χ4v) is 2.44. The van der Waals surface area contributed by atoms with Crippen molar-refractivity contribution in [3.63, 3.8) is 0 Å². The molecule has 0 unspecified atom stereocenters. The van der Waals surface area contributed by atoms with Crippen LogP contribution in [0.1, 0.15) is 12.2 Å². The maximum atomic E-state index is 11.9. The van der Waals surface area contributed by atoms with Crippen LogP contribution in [0.4, 0.5) is 0 Å². The van der Waals surface area contributed by atoms with E-state index in [0.29, 0.717) is 18.7 Å². The van der Waals surface area contributed by atoms with Crippen molar-refractivity contribution in [2.75, 3.05) is 18.6 Å². The van der Waals surface area contributed by atoms with Crippen LogP contribution in [0.3, 0.4) is 0 Å². The number of piperazine rings is 1. The Balaban J connectivity index is 2.09. The van der Waals surface area contributed by atoms with Gasteiger partial charge in [-0.05, 0) is 30.6 Å². The molecule has 0 aromatic carbocycles. The minimum Gasteiger partial charge on any atom is -0.467 e. The Labute approximate surface area is 110 Å². The number of furan rings is 1. The van der Waals surface area contributed by atoms with Gasteiger partial charge in [0.1, 0.15) is 11.8 Å². The van der Waals surface area contributed by atoms with Gasteiger partial charge in [-0.15, -0.1) is 0 Å². The van der Waals surface area contributed by atoms with Crippen molar-refractivity contribution in [3.8, 4) is 0 Å². The van der Waals surface area contributed by atoms with Crippen molar-refractivity contribution in [3.05, 3.63) is 24.2 Å². The monoisotopic (exact) mass is 268 g/mol. The summed E-state index contributed by atoms with van der Waals surface area (Å²) in [5.74, 6) is 1.42. The first-order chi connectivity index (χ1) is 8.72. The molecule has 18 heavy (non-hydrogen) atoms. The molecule has 2 rings (SSSR count). The summed E-state index contributed by atoms with van der Waals surface area (Å²) in [7, 11) is 0. The van der Waals surface area contributed by atoms with Gasteiger partial charge >= 0.3 is 0 Å². The van der Waals surface area contributed by atoms with Gasteiger partial charge in [-0.1, -0.05) is 0 Å². The van der Waals surface area contributed by atoms with Gasteiger partial charge in [-0.25, -0.2) is 0 Å². The highest BCUT2D eigenvalue weighted by molar-refractivity contribution is 7.98. The second kappa shape index (κ2) is 5.95. The van der Waals surface area contributed by atoms with E-state index in [9.17, 15) is 9.59 Å². The van der Waals surface area contributed by atoms with Crippen LogP contribution in [0.2, 0.25) is 0 Å². The molecule has 1 aromatic heterocycles. The molecular weight excluding hydrogens is 252 g/mol. The van der Waals surface area contributed by atoms with E-state index in [4.69, 9.17) is 4.42 Å². The third kappa shape index (κ3) is 2.87. The third-order valence-corrected chi connectivity index (χ3v) is 3.56. The summed E-state index contributed by atoms with van der Waals surface area (Å²) < 4.78 is 5.24. The van der Waals surface area contributed by atoms with Gasteiger partial charge in [0.25, 0.3) is 0 Å². The maximum absolute atomic E-state index is 11.9. The molecule has 0 saturated carbocycles. The Morgan fingerprint density at radius 3 is 3.06 bits per heavy atom. The number of hydrogen-bond acceptors (Lipinski definition) is 4. The predicted molar refractivity (Wildman–Crippen MR) is 69.1 cm³/mol. The molecule has 6 heteroatoms. The van der Waals surface area contributed by atoms with Crippen LogP contribution >= 0.6 is 11.8 Å². The van der Waals surface area contributed by atoms with Gasteiger partial charge < -0.3 is 14.6 Å². The summed E-state index contributed by atoms with van der Waals surface area (Å²) >= 11 is 1.67. The predicted octanol–water partition coefficient (Wildman–Crippen LogP) is 0.860. The summed E-state index contributed by atoms with van der Waals surface area (Å²) in [6.07, 6.45) is 4.22. The lowest BCUT2D eigenvalue weighted by Gasteiger charge is -2.34. The largest absolute Gasteiger partial charge is 0.467 e. The molecular formula is C12H16N2O3S. The van der Waals surface area contributed by atoms with E-state index in [-0.39, 0.29) is 24.4 Å². The molecule has 1 aliphatic heterocycles. The number of nitrogens with one attached hydrogen (secondary N) is 1. The number of carbonyl (C=O) groups excluding carboxylic acids is 2. The molecule has 0 bridgehead atoms. The zero-order valence-corrected chi connectivity index (χ0v) is 11.0. The fourth-order valence-electron chi connectivity index (χ4n) is 1.98. The van der Waals surface area contributed by atoms with Crippen LogP contribution < -0.4 is 5.32 Å². The molecule has 5 nitrogen and oxygen atoms in total. The van der Waals surface area contributed by atoms with Crippen molar-refractivity contribution in [1.29, 1.82) is 0 Å². The van der Waals surface area contributed by atoms with Crippen molar-refractivity contribution in [2.45, 2.75) is 19.0 Å². The number of rotatable bonds is 5. The fraction of sp³-hybridized carbons (Fsp3) is 0.500. The topological polar surface area (TPSA) is 62.6 Å². The van der Waals surface area contributed by atoms with E-state index < -0.39 is 0 Å². The summed E-state index contributed by atoms with van der Waals surface area (Å²) in [5.41, 5.74) is 0. The van der Waals surface area contributed by atoms with E-state index in [1.54, 1.807) is 29.0 Å². The van der Waals surface area contributed by atoms with Crippen LogP contribution in [-0.4, -0.2) is 41.3 Å². The Morgan fingerprint density at radius 1 is 1.56 bits per heavy atom. The van der Waals surface area contributed by atoms with E-state index >= 15 is 0 Å². The maximum Gasteiger partial charge on any atom is 0.243 e. The Morgan fingerprint density at radius 2 is 2.39 bits per heavy atom.